The average Bonchev–Trinajstić information content (AvgIpc) is 2.59. The van der Waals surface area contributed by atoms with Gasteiger partial charge in [-0.1, -0.05) is 95.5 Å². The lowest BCUT2D eigenvalue weighted by atomic mass is 10.4. The highest BCUT2D eigenvalue weighted by Gasteiger charge is 2.49. The molecule has 0 fully saturated rings. The minimum absolute atomic E-state index is 0.395. The maximum absolute atomic E-state index is 14.0. The van der Waals surface area contributed by atoms with Crippen LogP contribution in [0.15, 0.2) is 60.7 Å². The first-order chi connectivity index (χ1) is 11.3. The Morgan fingerprint density at radius 1 is 1.00 bits per heavy atom. The molecule has 1 amide bonds. The van der Waals surface area contributed by atoms with E-state index < -0.39 is 29.3 Å². The smallest absolute Gasteiger partial charge is 0.252 e. The van der Waals surface area contributed by atoms with E-state index in [1.165, 1.54) is 0 Å². The molecule has 8 heteroatoms. The van der Waals surface area contributed by atoms with Crippen LogP contribution < -0.4 is 15.9 Å². The van der Waals surface area contributed by atoms with Crippen LogP contribution in [0.2, 0.25) is 0 Å². The molecule has 0 aliphatic carbocycles. The summed E-state index contributed by atoms with van der Waals surface area (Å²) >= 11 is 18.0. The molecule has 2 rings (SSSR count). The predicted octanol–water partition coefficient (Wildman–Crippen LogP) is 3.78. The summed E-state index contributed by atoms with van der Waals surface area (Å²) in [4.78, 5) is 11.6. The van der Waals surface area contributed by atoms with Gasteiger partial charge in [0, 0.05) is 10.6 Å². The van der Waals surface area contributed by atoms with Gasteiger partial charge in [0.25, 0.3) is 5.91 Å². The van der Waals surface area contributed by atoms with Crippen LogP contribution in [0.25, 0.3) is 0 Å². The number of hydrogen-bond donors (Lipinski definition) is 1. The molecule has 24 heavy (non-hydrogen) atoms. The van der Waals surface area contributed by atoms with E-state index in [1.807, 2.05) is 0 Å². The van der Waals surface area contributed by atoms with E-state index in [0.717, 1.165) is 0 Å². The minimum atomic E-state index is -3.62. The second-order valence-electron chi connectivity index (χ2n) is 4.97. The Balaban J connectivity index is 2.68. The van der Waals surface area contributed by atoms with Crippen molar-refractivity contribution in [2.75, 3.05) is 6.67 Å². The van der Waals surface area contributed by atoms with E-state index in [9.17, 15) is 13.8 Å². The van der Waals surface area contributed by atoms with E-state index in [0.29, 0.717) is 10.6 Å². The van der Waals surface area contributed by atoms with E-state index in [4.69, 9.17) is 34.8 Å². The highest BCUT2D eigenvalue weighted by Crippen LogP contribution is 2.55. The third kappa shape index (κ3) is 4.12. The Kier molecular flexibility index (Phi) is 6.33. The van der Waals surface area contributed by atoms with Crippen LogP contribution in [0.5, 0.6) is 0 Å². The standard InChI is InChI=1S/C16H14Cl3FNO2P/c17-16(18,19)15(21-14(22)11-20)24(23,12-7-3-1-4-8-12)13-9-5-2-6-10-13/h1-10,15H,11H2,(H,21,22)/t15-/m1/s1. The molecule has 0 spiro atoms. The maximum Gasteiger partial charge on any atom is 0.252 e. The van der Waals surface area contributed by atoms with Crippen LogP contribution in [0, 0.1) is 0 Å². The van der Waals surface area contributed by atoms with Gasteiger partial charge in [0.2, 0.25) is 3.79 Å². The third-order valence-corrected chi connectivity index (χ3v) is 7.86. The molecule has 0 saturated heterocycles. The molecule has 0 aliphatic heterocycles. The fourth-order valence-corrected chi connectivity index (χ4v) is 6.58. The van der Waals surface area contributed by atoms with Crippen molar-refractivity contribution in [2.24, 2.45) is 0 Å². The first kappa shape index (κ1) is 19.3. The molecule has 0 bridgehead atoms. The first-order valence-electron chi connectivity index (χ1n) is 6.93. The zero-order valence-corrected chi connectivity index (χ0v) is 15.5. The summed E-state index contributed by atoms with van der Waals surface area (Å²) in [6.45, 7) is -1.30. The largest absolute Gasteiger partial charge is 0.339 e. The lowest BCUT2D eigenvalue weighted by molar-refractivity contribution is -0.122. The number of carbonyl (C=O) groups is 1. The maximum atomic E-state index is 14.0. The summed E-state index contributed by atoms with van der Waals surface area (Å²) in [5.74, 6) is -2.42. The Morgan fingerprint density at radius 3 is 1.75 bits per heavy atom. The van der Waals surface area contributed by atoms with Crippen molar-refractivity contribution < 1.29 is 13.8 Å². The number of rotatable bonds is 5. The molecule has 1 N–H and O–H groups in total. The monoisotopic (exact) mass is 407 g/mol. The van der Waals surface area contributed by atoms with Crippen molar-refractivity contribution in [3.63, 3.8) is 0 Å². The molecule has 2 aromatic rings. The molecular formula is C16H14Cl3FNO2P. The number of amides is 1. The number of halogens is 4. The third-order valence-electron chi connectivity index (χ3n) is 3.37. The molecule has 3 nitrogen and oxygen atoms in total. The number of benzene rings is 2. The predicted molar refractivity (Wildman–Crippen MR) is 98.0 cm³/mol. The Bertz CT molecular complexity index is 694. The fourth-order valence-electron chi connectivity index (χ4n) is 2.32. The van der Waals surface area contributed by atoms with Gasteiger partial charge in [0.1, 0.15) is 5.78 Å². The average molecular weight is 409 g/mol. The SMILES string of the molecule is O=C(CF)N[C@@H](C(Cl)(Cl)Cl)P(=O)(c1ccccc1)c1ccccc1. The molecule has 0 unspecified atom stereocenters. The fraction of sp³-hybridized carbons (Fsp3) is 0.188. The minimum Gasteiger partial charge on any atom is -0.339 e. The second kappa shape index (κ2) is 7.88. The summed E-state index contributed by atoms with van der Waals surface area (Å²) in [5.41, 5.74) is 0. The van der Waals surface area contributed by atoms with Crippen LogP contribution in [-0.4, -0.2) is 22.2 Å². The summed E-state index contributed by atoms with van der Waals surface area (Å²) in [6.07, 6.45) is 0. The highest BCUT2D eigenvalue weighted by molar-refractivity contribution is 7.79. The van der Waals surface area contributed by atoms with Crippen LogP contribution >= 0.6 is 41.9 Å². The van der Waals surface area contributed by atoms with Gasteiger partial charge in [-0.3, -0.25) is 4.79 Å². The van der Waals surface area contributed by atoms with Crippen molar-refractivity contribution in [2.45, 2.75) is 9.58 Å². The molecule has 0 heterocycles. The van der Waals surface area contributed by atoms with Crippen LogP contribution in [0.3, 0.4) is 0 Å². The van der Waals surface area contributed by atoms with Gasteiger partial charge in [-0.25, -0.2) is 4.39 Å². The van der Waals surface area contributed by atoms with Gasteiger partial charge < -0.3 is 9.88 Å². The Morgan fingerprint density at radius 2 is 1.42 bits per heavy atom. The van der Waals surface area contributed by atoms with Crippen molar-refractivity contribution in [1.29, 1.82) is 0 Å². The van der Waals surface area contributed by atoms with Crippen molar-refractivity contribution >= 4 is 58.5 Å². The van der Waals surface area contributed by atoms with Gasteiger partial charge in [-0.15, -0.1) is 0 Å². The number of alkyl halides is 4. The number of hydrogen-bond acceptors (Lipinski definition) is 2. The van der Waals surface area contributed by atoms with E-state index in [-0.39, 0.29) is 0 Å². The molecule has 1 atom stereocenters. The lowest BCUT2D eigenvalue weighted by Crippen LogP contribution is -2.48. The molecule has 0 radical (unpaired) electrons. The zero-order chi connectivity index (χ0) is 17.8. The van der Waals surface area contributed by atoms with Crippen molar-refractivity contribution in [3.8, 4) is 0 Å². The van der Waals surface area contributed by atoms with Gasteiger partial charge in [0.05, 0.1) is 0 Å². The van der Waals surface area contributed by atoms with Gasteiger partial charge in [0.15, 0.2) is 13.8 Å². The van der Waals surface area contributed by atoms with E-state index in [2.05, 4.69) is 5.32 Å². The van der Waals surface area contributed by atoms with Crippen LogP contribution in [0.4, 0.5) is 4.39 Å². The summed E-state index contributed by atoms with van der Waals surface area (Å²) in [6, 6.07) is 16.8. The number of nitrogens with one attached hydrogen (secondary N) is 1. The number of carbonyl (C=O) groups excluding carboxylic acids is 1. The van der Waals surface area contributed by atoms with Crippen molar-refractivity contribution in [3.05, 3.63) is 60.7 Å². The Labute approximate surface area is 154 Å². The summed E-state index contributed by atoms with van der Waals surface area (Å²) in [5, 5.41) is 3.06. The summed E-state index contributed by atoms with van der Waals surface area (Å²) < 4.78 is 24.6. The molecule has 128 valence electrons. The first-order valence-corrected chi connectivity index (χ1v) is 9.84. The highest BCUT2D eigenvalue weighted by atomic mass is 35.6. The molecular weight excluding hydrogens is 395 g/mol. The molecule has 2 aromatic carbocycles. The van der Waals surface area contributed by atoms with E-state index >= 15 is 0 Å². The normalized spacial score (nSPS) is 13.3. The van der Waals surface area contributed by atoms with Gasteiger partial charge in [-0.2, -0.15) is 0 Å². The van der Waals surface area contributed by atoms with Crippen molar-refractivity contribution in [1.82, 2.24) is 5.32 Å². The molecule has 0 saturated carbocycles. The molecule has 0 aliphatic rings. The van der Waals surface area contributed by atoms with Crippen LogP contribution in [-0.2, 0) is 9.36 Å². The lowest BCUT2D eigenvalue weighted by Gasteiger charge is -2.33. The molecule has 0 aromatic heterocycles. The quantitative estimate of drug-likeness (QED) is 0.604. The summed E-state index contributed by atoms with van der Waals surface area (Å²) in [7, 11) is -3.62. The topological polar surface area (TPSA) is 46.2 Å². The van der Waals surface area contributed by atoms with E-state index in [1.54, 1.807) is 60.7 Å². The zero-order valence-electron chi connectivity index (χ0n) is 12.3. The van der Waals surface area contributed by atoms with Crippen LogP contribution in [0.1, 0.15) is 0 Å². The van der Waals surface area contributed by atoms with Gasteiger partial charge >= 0.3 is 0 Å². The Hall–Kier alpha value is -1.06. The second-order valence-corrected chi connectivity index (χ2v) is 10.2. The van der Waals surface area contributed by atoms with Gasteiger partial charge in [-0.05, 0) is 0 Å².